The number of nitrogens with one attached hydrogen (secondary N) is 1. The minimum absolute atomic E-state index is 0.0416. The first-order valence-corrected chi connectivity index (χ1v) is 10.2. The highest BCUT2D eigenvalue weighted by Crippen LogP contribution is 2.25. The smallest absolute Gasteiger partial charge is 0.410 e. The van der Waals surface area contributed by atoms with Gasteiger partial charge in [-0.3, -0.25) is 4.99 Å². The molecule has 2 aliphatic heterocycles. The lowest BCUT2D eigenvalue weighted by Crippen LogP contribution is -2.58. The van der Waals surface area contributed by atoms with Crippen LogP contribution in [0.1, 0.15) is 32.4 Å². The molecule has 1 aromatic rings. The zero-order valence-electron chi connectivity index (χ0n) is 18.3. The predicted octanol–water partition coefficient (Wildman–Crippen LogP) is 2.45. The van der Waals surface area contributed by atoms with Crippen LogP contribution in [0, 0.1) is 11.6 Å². The Morgan fingerprint density at radius 2 is 1.97 bits per heavy atom. The van der Waals surface area contributed by atoms with Crippen molar-refractivity contribution in [1.82, 2.24) is 20.0 Å². The van der Waals surface area contributed by atoms with Gasteiger partial charge in [0.05, 0.1) is 18.6 Å². The van der Waals surface area contributed by atoms with Gasteiger partial charge >= 0.3 is 6.09 Å². The van der Waals surface area contributed by atoms with E-state index in [0.29, 0.717) is 38.7 Å². The number of guanidine groups is 1. The number of aliphatic imine (C=N–C) groups is 1. The number of fused-ring (bicyclic) bond motifs is 1. The molecule has 0 saturated carbocycles. The predicted molar refractivity (Wildman–Crippen MR) is 111 cm³/mol. The lowest BCUT2D eigenvalue weighted by atomic mass is 10.0. The summed E-state index contributed by atoms with van der Waals surface area (Å²) < 4.78 is 34.0. The van der Waals surface area contributed by atoms with Crippen molar-refractivity contribution < 1.29 is 18.3 Å². The second kappa shape index (κ2) is 8.75. The Hall–Kier alpha value is -2.42. The van der Waals surface area contributed by atoms with Crippen LogP contribution < -0.4 is 5.32 Å². The molecule has 0 radical (unpaired) electrons. The number of carbonyl (C=O) groups excluding carboxylic acids is 1. The van der Waals surface area contributed by atoms with Crippen LogP contribution in [0.4, 0.5) is 13.6 Å². The third-order valence-corrected chi connectivity index (χ3v) is 5.27. The molecule has 1 fully saturated rings. The third kappa shape index (κ3) is 5.00. The topological polar surface area (TPSA) is 60.4 Å². The number of carbonyl (C=O) groups is 1. The number of hydrogen-bond donors (Lipinski definition) is 1. The summed E-state index contributed by atoms with van der Waals surface area (Å²) in [7, 11) is 3.58. The molecule has 1 aromatic carbocycles. The van der Waals surface area contributed by atoms with E-state index in [9.17, 15) is 13.6 Å². The first kappa shape index (κ1) is 22.3. The van der Waals surface area contributed by atoms with Crippen molar-refractivity contribution >= 4 is 12.1 Å². The van der Waals surface area contributed by atoms with E-state index in [1.54, 1.807) is 23.9 Å². The van der Waals surface area contributed by atoms with Gasteiger partial charge in [0.2, 0.25) is 0 Å². The molecule has 7 nitrogen and oxygen atoms in total. The Kier molecular flexibility index (Phi) is 6.50. The molecule has 0 aliphatic carbocycles. The lowest BCUT2D eigenvalue weighted by molar-refractivity contribution is 0.0137. The van der Waals surface area contributed by atoms with Gasteiger partial charge < -0.3 is 24.8 Å². The SMILES string of the molecule is CN(C)C(CNC1=NCC2CN(C(=O)OC(C)(C)C)CCN12)c1c(F)cccc1F. The molecule has 1 amide bonds. The number of hydrogen-bond acceptors (Lipinski definition) is 6. The monoisotopic (exact) mass is 423 g/mol. The second-order valence-corrected chi connectivity index (χ2v) is 8.93. The van der Waals surface area contributed by atoms with Crippen molar-refractivity contribution in [3.63, 3.8) is 0 Å². The first-order valence-electron chi connectivity index (χ1n) is 10.2. The maximum absolute atomic E-state index is 14.3. The molecule has 3 rings (SSSR count). The van der Waals surface area contributed by atoms with Crippen LogP contribution >= 0.6 is 0 Å². The van der Waals surface area contributed by atoms with Gasteiger partial charge in [-0.05, 0) is 47.0 Å². The van der Waals surface area contributed by atoms with Crippen LogP contribution in [0.15, 0.2) is 23.2 Å². The fraction of sp³-hybridized carbons (Fsp3) is 0.619. The number of amides is 1. The highest BCUT2D eigenvalue weighted by Gasteiger charge is 2.36. The summed E-state index contributed by atoms with van der Waals surface area (Å²) >= 11 is 0. The number of halogens is 2. The summed E-state index contributed by atoms with van der Waals surface area (Å²) in [6.45, 7) is 8.10. The average molecular weight is 424 g/mol. The number of benzene rings is 1. The molecule has 0 bridgehead atoms. The maximum Gasteiger partial charge on any atom is 0.410 e. The Bertz CT molecular complexity index is 789. The summed E-state index contributed by atoms with van der Waals surface area (Å²) in [6, 6.07) is 3.49. The molecule has 2 aliphatic rings. The van der Waals surface area contributed by atoms with E-state index < -0.39 is 23.3 Å². The molecule has 2 atom stereocenters. The molecule has 1 saturated heterocycles. The lowest BCUT2D eigenvalue weighted by Gasteiger charge is -2.39. The van der Waals surface area contributed by atoms with Crippen molar-refractivity contribution in [2.75, 3.05) is 46.8 Å². The van der Waals surface area contributed by atoms with Crippen molar-refractivity contribution in [2.24, 2.45) is 4.99 Å². The van der Waals surface area contributed by atoms with Gasteiger partial charge in [-0.25, -0.2) is 13.6 Å². The largest absolute Gasteiger partial charge is 0.444 e. The van der Waals surface area contributed by atoms with Gasteiger partial charge in [0.15, 0.2) is 5.96 Å². The highest BCUT2D eigenvalue weighted by molar-refractivity contribution is 5.82. The number of rotatable bonds is 4. The van der Waals surface area contributed by atoms with Crippen molar-refractivity contribution in [3.8, 4) is 0 Å². The van der Waals surface area contributed by atoms with Crippen molar-refractivity contribution in [1.29, 1.82) is 0 Å². The molecule has 2 heterocycles. The maximum atomic E-state index is 14.3. The van der Waals surface area contributed by atoms with E-state index in [1.807, 2.05) is 20.8 Å². The fourth-order valence-electron chi connectivity index (χ4n) is 3.78. The van der Waals surface area contributed by atoms with E-state index in [4.69, 9.17) is 4.74 Å². The zero-order valence-corrected chi connectivity index (χ0v) is 18.3. The van der Waals surface area contributed by atoms with Crippen LogP contribution in [0.5, 0.6) is 0 Å². The van der Waals surface area contributed by atoms with E-state index >= 15 is 0 Å². The molecule has 166 valence electrons. The van der Waals surface area contributed by atoms with Gasteiger partial charge in [0, 0.05) is 31.7 Å². The Morgan fingerprint density at radius 1 is 1.30 bits per heavy atom. The highest BCUT2D eigenvalue weighted by atomic mass is 19.1. The molecule has 1 N–H and O–H groups in total. The summed E-state index contributed by atoms with van der Waals surface area (Å²) in [5.74, 6) is -0.423. The summed E-state index contributed by atoms with van der Waals surface area (Å²) in [5.41, 5.74) is -0.490. The number of nitrogens with zero attached hydrogens (tertiary/aromatic N) is 4. The third-order valence-electron chi connectivity index (χ3n) is 5.27. The average Bonchev–Trinajstić information content (AvgIpc) is 3.04. The Labute approximate surface area is 176 Å². The molecule has 0 spiro atoms. The zero-order chi connectivity index (χ0) is 22.1. The van der Waals surface area contributed by atoms with E-state index in [0.717, 1.165) is 0 Å². The minimum Gasteiger partial charge on any atom is -0.444 e. The summed E-state index contributed by atoms with van der Waals surface area (Å²) in [5, 5.41) is 3.26. The van der Waals surface area contributed by atoms with Gasteiger partial charge in [-0.15, -0.1) is 0 Å². The van der Waals surface area contributed by atoms with E-state index in [-0.39, 0.29) is 17.7 Å². The van der Waals surface area contributed by atoms with Gasteiger partial charge in [0.1, 0.15) is 17.2 Å². The molecular formula is C21H31F2N5O2. The number of likely N-dealkylation sites (N-methyl/N-ethyl adjacent to an activating group) is 1. The number of piperazine rings is 1. The quantitative estimate of drug-likeness (QED) is 0.806. The van der Waals surface area contributed by atoms with Gasteiger partial charge in [-0.2, -0.15) is 0 Å². The van der Waals surface area contributed by atoms with Crippen LogP contribution in [-0.4, -0.2) is 85.2 Å². The van der Waals surface area contributed by atoms with Crippen LogP contribution in [0.3, 0.4) is 0 Å². The second-order valence-electron chi connectivity index (χ2n) is 8.93. The first-order chi connectivity index (χ1) is 14.1. The molecule has 30 heavy (non-hydrogen) atoms. The molecule has 2 unspecified atom stereocenters. The molecular weight excluding hydrogens is 392 g/mol. The standard InChI is InChI=1S/C21H31F2N5O2/c1-21(2,3)30-20(29)27-9-10-28-14(13-27)11-24-19(28)25-12-17(26(4)5)18-15(22)7-6-8-16(18)23/h6-8,14,17H,9-13H2,1-5H3,(H,24,25). The minimum atomic E-state index is -0.562. The van der Waals surface area contributed by atoms with Crippen molar-refractivity contribution in [3.05, 3.63) is 35.4 Å². The van der Waals surface area contributed by atoms with E-state index in [1.165, 1.54) is 18.2 Å². The van der Waals surface area contributed by atoms with Gasteiger partial charge in [0.25, 0.3) is 0 Å². The Balaban J connectivity index is 1.61. The normalized spacial score (nSPS) is 20.1. The fourth-order valence-corrected chi connectivity index (χ4v) is 3.78. The van der Waals surface area contributed by atoms with Crippen LogP contribution in [0.2, 0.25) is 0 Å². The van der Waals surface area contributed by atoms with Crippen LogP contribution in [-0.2, 0) is 4.74 Å². The summed E-state index contributed by atoms with van der Waals surface area (Å²) in [4.78, 5) is 22.5. The van der Waals surface area contributed by atoms with Gasteiger partial charge in [-0.1, -0.05) is 6.07 Å². The summed E-state index contributed by atoms with van der Waals surface area (Å²) in [6.07, 6.45) is -0.314. The van der Waals surface area contributed by atoms with E-state index in [2.05, 4.69) is 15.2 Å². The molecule has 0 aromatic heterocycles. The Morgan fingerprint density at radius 3 is 2.57 bits per heavy atom. The number of ether oxygens (including phenoxy) is 1. The van der Waals surface area contributed by atoms with Crippen molar-refractivity contribution in [2.45, 2.75) is 38.5 Å². The van der Waals surface area contributed by atoms with Crippen LogP contribution in [0.25, 0.3) is 0 Å². The molecule has 9 heteroatoms.